The number of carbonyl (C=O) groups is 3. The lowest BCUT2D eigenvalue weighted by Crippen LogP contribution is -2.65. The van der Waals surface area contributed by atoms with E-state index in [9.17, 15) is 14.4 Å². The second kappa shape index (κ2) is 9.56. The number of nitrogens with one attached hydrogen (secondary N) is 1. The van der Waals surface area contributed by atoms with E-state index in [0.29, 0.717) is 55.4 Å². The molecule has 3 aliphatic rings. The summed E-state index contributed by atoms with van der Waals surface area (Å²) in [7, 11) is 1.64. The predicted octanol–water partition coefficient (Wildman–Crippen LogP) is 0.476. The number of aliphatic imine (C=N–C) groups is 1. The van der Waals surface area contributed by atoms with Gasteiger partial charge in [0.2, 0.25) is 0 Å². The predicted molar refractivity (Wildman–Crippen MR) is 127 cm³/mol. The van der Waals surface area contributed by atoms with Crippen LogP contribution in [0.15, 0.2) is 45.2 Å². The lowest BCUT2D eigenvalue weighted by Gasteiger charge is -2.40. The molecule has 2 saturated heterocycles. The number of urea groups is 1. The van der Waals surface area contributed by atoms with Gasteiger partial charge in [-0.05, 0) is 25.1 Å². The Hall–Kier alpha value is -3.61. The van der Waals surface area contributed by atoms with Crippen LogP contribution in [-0.4, -0.2) is 111 Å². The maximum atomic E-state index is 12.8. The van der Waals surface area contributed by atoms with Gasteiger partial charge in [0.15, 0.2) is 29.1 Å². The minimum Gasteiger partial charge on any atom is -0.459 e. The van der Waals surface area contributed by atoms with Crippen LogP contribution >= 0.6 is 11.8 Å². The molecule has 0 spiro atoms. The fourth-order valence-electron chi connectivity index (χ4n) is 4.41. The molecule has 2 aromatic rings. The molecule has 35 heavy (non-hydrogen) atoms. The van der Waals surface area contributed by atoms with Crippen LogP contribution in [-0.2, 0) is 4.79 Å². The van der Waals surface area contributed by atoms with Gasteiger partial charge < -0.3 is 24.0 Å². The van der Waals surface area contributed by atoms with Crippen molar-refractivity contribution in [2.24, 2.45) is 4.99 Å². The Kier molecular flexibility index (Phi) is 6.32. The van der Waals surface area contributed by atoms with Crippen molar-refractivity contribution in [2.75, 3.05) is 45.5 Å². The topological polar surface area (TPSA) is 127 Å². The zero-order valence-corrected chi connectivity index (χ0v) is 20.3. The summed E-state index contributed by atoms with van der Waals surface area (Å²) in [4.78, 5) is 58.4. The Morgan fingerprint density at radius 2 is 2.03 bits per heavy atom. The van der Waals surface area contributed by atoms with E-state index < -0.39 is 18.2 Å². The Morgan fingerprint density at radius 3 is 2.74 bits per heavy atom. The molecule has 12 nitrogen and oxygen atoms in total. The van der Waals surface area contributed by atoms with E-state index in [4.69, 9.17) is 9.41 Å². The van der Waals surface area contributed by atoms with Crippen LogP contribution in [0.25, 0.3) is 0 Å². The zero-order valence-electron chi connectivity index (χ0n) is 19.5. The van der Waals surface area contributed by atoms with Gasteiger partial charge in [-0.3, -0.25) is 14.9 Å². The largest absolute Gasteiger partial charge is 0.459 e. The van der Waals surface area contributed by atoms with Crippen LogP contribution in [0.1, 0.15) is 16.2 Å². The second-order valence-corrected chi connectivity index (χ2v) is 9.53. The molecule has 4 amide bonds. The average Bonchev–Trinajstić information content (AvgIpc) is 3.52. The summed E-state index contributed by atoms with van der Waals surface area (Å²) >= 11 is 1.50. The number of hydrogen-bond acceptors (Lipinski definition) is 10. The lowest BCUT2D eigenvalue weighted by atomic mass is 10.1. The van der Waals surface area contributed by atoms with Crippen LogP contribution in [0.2, 0.25) is 0 Å². The molecule has 0 saturated carbocycles. The van der Waals surface area contributed by atoms with Crippen molar-refractivity contribution in [3.63, 3.8) is 0 Å². The van der Waals surface area contributed by atoms with Crippen LogP contribution in [0.5, 0.6) is 0 Å². The Bertz CT molecular complexity index is 1150. The highest BCUT2D eigenvalue weighted by molar-refractivity contribution is 7.99. The van der Waals surface area contributed by atoms with Crippen molar-refractivity contribution >= 4 is 35.6 Å². The zero-order chi connectivity index (χ0) is 24.5. The molecular weight excluding hydrogens is 472 g/mol. The highest BCUT2D eigenvalue weighted by atomic mass is 32.2. The van der Waals surface area contributed by atoms with Gasteiger partial charge >= 0.3 is 6.03 Å². The Labute approximate surface area is 206 Å². The number of thioether (sulfide) groups is 1. The molecule has 0 radical (unpaired) electrons. The maximum absolute atomic E-state index is 12.8. The Balaban J connectivity index is 1.30. The number of fused-ring (bicyclic) bond motifs is 1. The summed E-state index contributed by atoms with van der Waals surface area (Å²) in [5, 5.41) is 3.10. The molecule has 2 fully saturated rings. The molecule has 184 valence electrons. The summed E-state index contributed by atoms with van der Waals surface area (Å²) in [5.74, 6) is 1.10. The van der Waals surface area contributed by atoms with Crippen LogP contribution < -0.4 is 5.32 Å². The van der Waals surface area contributed by atoms with Gasteiger partial charge in [-0.1, -0.05) is 11.8 Å². The molecule has 0 aromatic carbocycles. The van der Waals surface area contributed by atoms with Gasteiger partial charge in [-0.25, -0.2) is 19.8 Å². The molecule has 13 heteroatoms. The van der Waals surface area contributed by atoms with Crippen molar-refractivity contribution < 1.29 is 18.8 Å². The van der Waals surface area contributed by atoms with E-state index in [1.807, 2.05) is 17.9 Å². The quantitative estimate of drug-likeness (QED) is 0.462. The van der Waals surface area contributed by atoms with Gasteiger partial charge in [0, 0.05) is 57.4 Å². The van der Waals surface area contributed by atoms with E-state index in [-0.39, 0.29) is 11.8 Å². The van der Waals surface area contributed by atoms with Gasteiger partial charge in [0.1, 0.15) is 0 Å². The number of rotatable bonds is 5. The summed E-state index contributed by atoms with van der Waals surface area (Å²) in [6.07, 6.45) is 2.61. The minimum absolute atomic E-state index is 0.146. The molecular formula is C22H26N8O4S. The normalized spacial score (nSPS) is 22.3. The SMILES string of the molecule is Cc1ccnc(SCCN2C(N3CCN(C(=O)c4ccco4)CC3)=NC3C2C(=O)NC(=O)N3C)n1. The van der Waals surface area contributed by atoms with Gasteiger partial charge in [-0.2, -0.15) is 0 Å². The lowest BCUT2D eigenvalue weighted by molar-refractivity contribution is -0.127. The number of piperazine rings is 1. The van der Waals surface area contributed by atoms with Gasteiger partial charge in [0.05, 0.1) is 6.26 Å². The standard InChI is InChI=1S/C22H26N8O4S/c1-14-5-6-23-20(24-14)35-13-11-30-16-17(27(2)22(33)26-18(16)31)25-21(30)29-9-7-28(8-10-29)19(32)15-4-3-12-34-15/h3-6,12,16-17H,7-11,13H2,1-2H3,(H,26,31,33). The molecule has 0 bridgehead atoms. The number of aryl methyl sites for hydroxylation is 1. The van der Waals surface area contributed by atoms with Gasteiger partial charge in [-0.15, -0.1) is 0 Å². The molecule has 2 atom stereocenters. The highest BCUT2D eigenvalue weighted by Gasteiger charge is 2.49. The number of carbonyl (C=O) groups excluding carboxylic acids is 3. The number of likely N-dealkylation sites (N-methyl/N-ethyl adjacent to an activating group) is 1. The molecule has 3 aliphatic heterocycles. The number of furan rings is 1. The molecule has 1 N–H and O–H groups in total. The molecule has 5 rings (SSSR count). The summed E-state index contributed by atoms with van der Waals surface area (Å²) in [5.41, 5.74) is 0.889. The van der Waals surface area contributed by atoms with E-state index in [2.05, 4.69) is 20.2 Å². The number of nitrogens with zero attached hydrogens (tertiary/aromatic N) is 7. The number of guanidine groups is 1. The van der Waals surface area contributed by atoms with E-state index in [1.165, 1.54) is 22.9 Å². The number of hydrogen-bond donors (Lipinski definition) is 1. The van der Waals surface area contributed by atoms with E-state index >= 15 is 0 Å². The van der Waals surface area contributed by atoms with Crippen molar-refractivity contribution in [3.8, 4) is 0 Å². The van der Waals surface area contributed by atoms with Crippen molar-refractivity contribution in [2.45, 2.75) is 24.3 Å². The summed E-state index contributed by atoms with van der Waals surface area (Å²) < 4.78 is 5.25. The first kappa shape index (κ1) is 23.1. The first-order chi connectivity index (χ1) is 16.9. The van der Waals surface area contributed by atoms with Crippen molar-refractivity contribution in [1.29, 1.82) is 0 Å². The highest BCUT2D eigenvalue weighted by Crippen LogP contribution is 2.27. The smallest absolute Gasteiger partial charge is 0.325 e. The fourth-order valence-corrected chi connectivity index (χ4v) is 5.22. The molecule has 0 aliphatic carbocycles. The van der Waals surface area contributed by atoms with Crippen LogP contribution in [0.3, 0.4) is 0 Å². The van der Waals surface area contributed by atoms with E-state index in [1.54, 1.807) is 30.3 Å². The fraction of sp³-hybridized carbons (Fsp3) is 0.455. The van der Waals surface area contributed by atoms with E-state index in [0.717, 1.165) is 5.69 Å². The monoisotopic (exact) mass is 498 g/mol. The van der Waals surface area contributed by atoms with Crippen molar-refractivity contribution in [1.82, 2.24) is 34.9 Å². The van der Waals surface area contributed by atoms with Crippen LogP contribution in [0, 0.1) is 6.92 Å². The first-order valence-corrected chi connectivity index (χ1v) is 12.3. The maximum Gasteiger partial charge on any atom is 0.325 e. The molecule has 5 heterocycles. The molecule has 2 unspecified atom stereocenters. The summed E-state index contributed by atoms with van der Waals surface area (Å²) in [6.45, 7) is 4.52. The number of aromatic nitrogens is 2. The third-order valence-electron chi connectivity index (χ3n) is 6.26. The average molecular weight is 499 g/mol. The third kappa shape index (κ3) is 4.55. The van der Waals surface area contributed by atoms with Crippen LogP contribution in [0.4, 0.5) is 4.79 Å². The number of amides is 4. The molecule has 2 aromatic heterocycles. The second-order valence-electron chi connectivity index (χ2n) is 8.47. The first-order valence-electron chi connectivity index (χ1n) is 11.3. The summed E-state index contributed by atoms with van der Waals surface area (Å²) in [6, 6.07) is 4.12. The van der Waals surface area contributed by atoms with Crippen molar-refractivity contribution in [3.05, 3.63) is 42.1 Å². The number of imide groups is 1. The third-order valence-corrected chi connectivity index (χ3v) is 7.10. The minimum atomic E-state index is -0.616. The Morgan fingerprint density at radius 1 is 1.23 bits per heavy atom. The van der Waals surface area contributed by atoms with Gasteiger partial charge in [0.25, 0.3) is 11.8 Å².